The molecule has 0 aliphatic heterocycles. The van der Waals surface area contributed by atoms with E-state index in [9.17, 15) is 0 Å². The van der Waals surface area contributed by atoms with E-state index in [-0.39, 0.29) is 0 Å². The van der Waals surface area contributed by atoms with Crippen LogP contribution >= 0.6 is 0 Å². The third-order valence-corrected chi connectivity index (χ3v) is 3.74. The van der Waals surface area contributed by atoms with Crippen molar-refractivity contribution in [2.24, 2.45) is 5.92 Å². The molecule has 0 saturated heterocycles. The highest BCUT2D eigenvalue weighted by atomic mass is 14.1. The summed E-state index contributed by atoms with van der Waals surface area (Å²) < 4.78 is 0. The molecular formula is C20H22. The highest BCUT2D eigenvalue weighted by Gasteiger charge is 2.03. The van der Waals surface area contributed by atoms with E-state index in [1.807, 2.05) is 18.2 Å². The van der Waals surface area contributed by atoms with Crippen molar-refractivity contribution in [2.45, 2.75) is 33.1 Å². The van der Waals surface area contributed by atoms with Gasteiger partial charge in [0.15, 0.2) is 0 Å². The van der Waals surface area contributed by atoms with Crippen LogP contribution in [-0.4, -0.2) is 0 Å². The van der Waals surface area contributed by atoms with Gasteiger partial charge >= 0.3 is 0 Å². The summed E-state index contributed by atoms with van der Waals surface area (Å²) in [6.45, 7) is 4.57. The summed E-state index contributed by atoms with van der Waals surface area (Å²) >= 11 is 0. The largest absolute Gasteiger partial charge is 0.0651 e. The quantitative estimate of drug-likeness (QED) is 0.675. The van der Waals surface area contributed by atoms with Gasteiger partial charge in [-0.3, -0.25) is 0 Å². The lowest BCUT2D eigenvalue weighted by atomic mass is 9.96. The van der Waals surface area contributed by atoms with E-state index in [2.05, 4.69) is 62.1 Å². The number of benzene rings is 2. The van der Waals surface area contributed by atoms with Crippen LogP contribution in [0.15, 0.2) is 54.6 Å². The lowest BCUT2D eigenvalue weighted by Crippen LogP contribution is -1.97. The summed E-state index contributed by atoms with van der Waals surface area (Å²) in [5.41, 5.74) is 3.61. The standard InChI is InChI=1S/C20H22/c1-3-17(2)13-15-19-11-7-8-12-20(19)16-14-18-9-5-4-6-10-18/h4-12,17H,3,13,15H2,1-2H3. The van der Waals surface area contributed by atoms with Gasteiger partial charge in [0.05, 0.1) is 0 Å². The fourth-order valence-corrected chi connectivity index (χ4v) is 2.13. The zero-order chi connectivity index (χ0) is 14.2. The highest BCUT2D eigenvalue weighted by Crippen LogP contribution is 2.15. The zero-order valence-corrected chi connectivity index (χ0v) is 12.4. The first kappa shape index (κ1) is 14.4. The molecule has 0 aliphatic carbocycles. The first-order chi connectivity index (χ1) is 9.79. The van der Waals surface area contributed by atoms with Gasteiger partial charge in [0, 0.05) is 11.1 Å². The molecule has 20 heavy (non-hydrogen) atoms. The van der Waals surface area contributed by atoms with Gasteiger partial charge in [-0.2, -0.15) is 0 Å². The Bertz CT molecular complexity index is 584. The molecule has 0 heterocycles. The molecule has 0 bridgehead atoms. The normalized spacial score (nSPS) is 11.5. The number of rotatable bonds is 4. The molecule has 0 amide bonds. The number of aryl methyl sites for hydroxylation is 1. The average Bonchev–Trinajstić information content (AvgIpc) is 2.52. The second-order valence-electron chi connectivity index (χ2n) is 5.33. The lowest BCUT2D eigenvalue weighted by Gasteiger charge is -2.09. The molecular weight excluding hydrogens is 240 g/mol. The van der Waals surface area contributed by atoms with Gasteiger partial charge < -0.3 is 0 Å². The second kappa shape index (κ2) is 7.56. The van der Waals surface area contributed by atoms with Gasteiger partial charge in [0.1, 0.15) is 0 Å². The van der Waals surface area contributed by atoms with E-state index >= 15 is 0 Å². The van der Waals surface area contributed by atoms with Crippen molar-refractivity contribution in [3.05, 3.63) is 71.3 Å². The Labute approximate surface area is 122 Å². The third kappa shape index (κ3) is 4.28. The topological polar surface area (TPSA) is 0 Å². The van der Waals surface area contributed by atoms with Crippen LogP contribution in [0.2, 0.25) is 0 Å². The van der Waals surface area contributed by atoms with Crippen molar-refractivity contribution in [1.29, 1.82) is 0 Å². The molecule has 2 rings (SSSR count). The summed E-state index contributed by atoms with van der Waals surface area (Å²) in [7, 11) is 0. The molecule has 0 saturated carbocycles. The molecule has 0 aliphatic rings. The second-order valence-corrected chi connectivity index (χ2v) is 5.33. The SMILES string of the molecule is CCC(C)CCc1ccccc1C#Cc1ccccc1. The molecule has 0 spiro atoms. The van der Waals surface area contributed by atoms with Crippen molar-refractivity contribution in [1.82, 2.24) is 0 Å². The monoisotopic (exact) mass is 262 g/mol. The lowest BCUT2D eigenvalue weighted by molar-refractivity contribution is 0.516. The Morgan fingerprint density at radius 3 is 2.35 bits per heavy atom. The highest BCUT2D eigenvalue weighted by molar-refractivity contribution is 5.46. The van der Waals surface area contributed by atoms with Crippen molar-refractivity contribution >= 4 is 0 Å². The minimum Gasteiger partial charge on any atom is -0.0651 e. The Morgan fingerprint density at radius 1 is 0.900 bits per heavy atom. The van der Waals surface area contributed by atoms with E-state index in [4.69, 9.17) is 0 Å². The molecule has 2 aromatic rings. The minimum absolute atomic E-state index is 0.783. The Balaban J connectivity index is 2.14. The van der Waals surface area contributed by atoms with Crippen LogP contribution in [0.1, 0.15) is 43.4 Å². The average molecular weight is 262 g/mol. The maximum Gasteiger partial charge on any atom is 0.0281 e. The zero-order valence-electron chi connectivity index (χ0n) is 12.4. The van der Waals surface area contributed by atoms with Crippen molar-refractivity contribution in [3.8, 4) is 11.8 Å². The Kier molecular flexibility index (Phi) is 5.44. The predicted octanol–water partition coefficient (Wildman–Crippen LogP) is 5.07. The molecule has 0 heteroatoms. The molecule has 102 valence electrons. The molecule has 1 atom stereocenters. The molecule has 0 radical (unpaired) electrons. The van der Waals surface area contributed by atoms with Gasteiger partial charge in [0.2, 0.25) is 0 Å². The fraction of sp³-hybridized carbons (Fsp3) is 0.300. The van der Waals surface area contributed by atoms with Crippen LogP contribution in [0.25, 0.3) is 0 Å². The summed E-state index contributed by atoms with van der Waals surface area (Å²) in [6.07, 6.45) is 3.60. The van der Waals surface area contributed by atoms with Crippen LogP contribution in [0.4, 0.5) is 0 Å². The van der Waals surface area contributed by atoms with E-state index in [1.54, 1.807) is 0 Å². The summed E-state index contributed by atoms with van der Waals surface area (Å²) in [5, 5.41) is 0. The summed E-state index contributed by atoms with van der Waals surface area (Å²) in [6, 6.07) is 18.7. The first-order valence-electron chi connectivity index (χ1n) is 7.44. The van der Waals surface area contributed by atoms with Crippen LogP contribution in [-0.2, 0) is 6.42 Å². The smallest absolute Gasteiger partial charge is 0.0281 e. The van der Waals surface area contributed by atoms with Crippen molar-refractivity contribution < 1.29 is 0 Å². The van der Waals surface area contributed by atoms with E-state index in [0.717, 1.165) is 17.9 Å². The van der Waals surface area contributed by atoms with Crippen LogP contribution < -0.4 is 0 Å². The van der Waals surface area contributed by atoms with E-state index in [0.29, 0.717) is 0 Å². The summed E-state index contributed by atoms with van der Waals surface area (Å²) in [5.74, 6) is 7.36. The minimum atomic E-state index is 0.783. The van der Waals surface area contributed by atoms with Crippen LogP contribution in [0.5, 0.6) is 0 Å². The summed E-state index contributed by atoms with van der Waals surface area (Å²) in [4.78, 5) is 0. The fourth-order valence-electron chi connectivity index (χ4n) is 2.13. The first-order valence-corrected chi connectivity index (χ1v) is 7.44. The van der Waals surface area contributed by atoms with E-state index in [1.165, 1.54) is 24.0 Å². The van der Waals surface area contributed by atoms with Crippen molar-refractivity contribution in [2.75, 3.05) is 0 Å². The maximum atomic E-state index is 3.32. The maximum absolute atomic E-state index is 3.32. The van der Waals surface area contributed by atoms with Crippen molar-refractivity contribution in [3.63, 3.8) is 0 Å². The van der Waals surface area contributed by atoms with Gasteiger partial charge in [-0.25, -0.2) is 0 Å². The van der Waals surface area contributed by atoms with Crippen LogP contribution in [0, 0.1) is 17.8 Å². The predicted molar refractivity (Wildman–Crippen MR) is 86.6 cm³/mol. The van der Waals surface area contributed by atoms with E-state index < -0.39 is 0 Å². The van der Waals surface area contributed by atoms with Gasteiger partial charge in [-0.15, -0.1) is 0 Å². The number of hydrogen-bond donors (Lipinski definition) is 0. The van der Waals surface area contributed by atoms with Gasteiger partial charge in [-0.05, 0) is 42.5 Å². The van der Waals surface area contributed by atoms with Gasteiger partial charge in [0.25, 0.3) is 0 Å². The third-order valence-electron chi connectivity index (χ3n) is 3.74. The molecule has 0 nitrogen and oxygen atoms in total. The van der Waals surface area contributed by atoms with Crippen LogP contribution in [0.3, 0.4) is 0 Å². The molecule has 1 unspecified atom stereocenters. The molecule has 2 aromatic carbocycles. The Hall–Kier alpha value is -2.00. The number of hydrogen-bond acceptors (Lipinski definition) is 0. The molecule has 0 aromatic heterocycles. The molecule has 0 fully saturated rings. The van der Waals surface area contributed by atoms with Gasteiger partial charge in [-0.1, -0.05) is 68.5 Å². The molecule has 0 N–H and O–H groups in total. The Morgan fingerprint density at radius 2 is 1.60 bits per heavy atom.